The SMILES string of the molecule is O=C(CCNS(=O)(=O)c1ccc(F)cc1)NCCCn1ccnc1. The highest BCUT2D eigenvalue weighted by molar-refractivity contribution is 7.89. The van der Waals surface area contributed by atoms with Gasteiger partial charge in [-0.2, -0.15) is 0 Å². The van der Waals surface area contributed by atoms with E-state index < -0.39 is 15.8 Å². The average Bonchev–Trinajstić information content (AvgIpc) is 3.05. The summed E-state index contributed by atoms with van der Waals surface area (Å²) in [5.74, 6) is -0.744. The predicted octanol–water partition coefficient (Wildman–Crippen LogP) is 0.897. The molecule has 0 unspecified atom stereocenters. The van der Waals surface area contributed by atoms with Crippen molar-refractivity contribution in [3.8, 4) is 0 Å². The van der Waals surface area contributed by atoms with Crippen LogP contribution in [0, 0.1) is 5.82 Å². The lowest BCUT2D eigenvalue weighted by molar-refractivity contribution is -0.120. The van der Waals surface area contributed by atoms with E-state index in [9.17, 15) is 17.6 Å². The maximum Gasteiger partial charge on any atom is 0.240 e. The van der Waals surface area contributed by atoms with Crippen molar-refractivity contribution in [1.82, 2.24) is 19.6 Å². The van der Waals surface area contributed by atoms with E-state index in [2.05, 4.69) is 15.0 Å². The van der Waals surface area contributed by atoms with Gasteiger partial charge in [0.25, 0.3) is 0 Å². The van der Waals surface area contributed by atoms with Gasteiger partial charge in [0.1, 0.15) is 5.82 Å². The van der Waals surface area contributed by atoms with E-state index in [0.29, 0.717) is 6.54 Å². The summed E-state index contributed by atoms with van der Waals surface area (Å²) < 4.78 is 40.9. The van der Waals surface area contributed by atoms with Crippen LogP contribution < -0.4 is 10.0 Å². The second kappa shape index (κ2) is 8.55. The van der Waals surface area contributed by atoms with Gasteiger partial charge in [-0.05, 0) is 30.7 Å². The summed E-state index contributed by atoms with van der Waals surface area (Å²) in [6.07, 6.45) is 6.01. The molecule has 24 heavy (non-hydrogen) atoms. The zero-order chi connectivity index (χ0) is 17.4. The van der Waals surface area contributed by atoms with Gasteiger partial charge in [-0.3, -0.25) is 4.79 Å². The fraction of sp³-hybridized carbons (Fsp3) is 0.333. The number of nitrogens with zero attached hydrogens (tertiary/aromatic N) is 2. The van der Waals surface area contributed by atoms with Crippen LogP contribution in [-0.4, -0.2) is 37.0 Å². The number of aryl methyl sites for hydroxylation is 1. The second-order valence-electron chi connectivity index (χ2n) is 5.11. The molecule has 0 radical (unpaired) electrons. The lowest BCUT2D eigenvalue weighted by Crippen LogP contribution is -2.31. The van der Waals surface area contributed by atoms with Crippen LogP contribution in [0.25, 0.3) is 0 Å². The number of halogens is 1. The minimum Gasteiger partial charge on any atom is -0.356 e. The summed E-state index contributed by atoms with van der Waals surface area (Å²) in [5, 5.41) is 2.72. The minimum atomic E-state index is -3.73. The lowest BCUT2D eigenvalue weighted by atomic mass is 10.3. The van der Waals surface area contributed by atoms with E-state index >= 15 is 0 Å². The lowest BCUT2D eigenvalue weighted by Gasteiger charge is -2.08. The number of aromatic nitrogens is 2. The van der Waals surface area contributed by atoms with Crippen LogP contribution in [0.1, 0.15) is 12.8 Å². The zero-order valence-corrected chi connectivity index (χ0v) is 13.8. The molecule has 2 aromatic rings. The van der Waals surface area contributed by atoms with Gasteiger partial charge in [-0.15, -0.1) is 0 Å². The van der Waals surface area contributed by atoms with Crippen LogP contribution >= 0.6 is 0 Å². The minimum absolute atomic E-state index is 0.0208. The highest BCUT2D eigenvalue weighted by atomic mass is 32.2. The Morgan fingerprint density at radius 2 is 1.96 bits per heavy atom. The molecule has 1 aromatic heterocycles. The molecule has 7 nitrogen and oxygen atoms in total. The van der Waals surface area contributed by atoms with Crippen molar-refractivity contribution in [3.05, 3.63) is 48.8 Å². The van der Waals surface area contributed by atoms with Gasteiger partial charge in [0, 0.05) is 38.4 Å². The molecule has 0 atom stereocenters. The van der Waals surface area contributed by atoms with Crippen molar-refractivity contribution in [3.63, 3.8) is 0 Å². The molecule has 0 aliphatic heterocycles. The first kappa shape index (κ1) is 18.1. The van der Waals surface area contributed by atoms with Crippen LogP contribution in [0.2, 0.25) is 0 Å². The monoisotopic (exact) mass is 354 g/mol. The molecular weight excluding hydrogens is 335 g/mol. The Balaban J connectivity index is 1.65. The maximum atomic E-state index is 12.8. The smallest absolute Gasteiger partial charge is 0.240 e. The number of carbonyl (C=O) groups is 1. The Labute approximate surface area is 140 Å². The van der Waals surface area contributed by atoms with Crippen LogP contribution in [-0.2, 0) is 21.4 Å². The highest BCUT2D eigenvalue weighted by Gasteiger charge is 2.13. The molecule has 1 heterocycles. The molecule has 0 saturated carbocycles. The van der Waals surface area contributed by atoms with E-state index in [0.717, 1.165) is 25.1 Å². The van der Waals surface area contributed by atoms with Crippen molar-refractivity contribution < 1.29 is 17.6 Å². The largest absolute Gasteiger partial charge is 0.356 e. The third-order valence-electron chi connectivity index (χ3n) is 3.24. The number of hydrogen-bond donors (Lipinski definition) is 2. The first-order valence-corrected chi connectivity index (χ1v) is 8.93. The van der Waals surface area contributed by atoms with Crippen molar-refractivity contribution in [2.45, 2.75) is 24.3 Å². The predicted molar refractivity (Wildman–Crippen MR) is 86.1 cm³/mol. The molecule has 0 fully saturated rings. The number of hydrogen-bond acceptors (Lipinski definition) is 4. The van der Waals surface area contributed by atoms with E-state index in [4.69, 9.17) is 0 Å². The Morgan fingerprint density at radius 3 is 2.62 bits per heavy atom. The summed E-state index contributed by atoms with van der Waals surface area (Å²) >= 11 is 0. The quantitative estimate of drug-likeness (QED) is 0.654. The van der Waals surface area contributed by atoms with Crippen molar-refractivity contribution in [1.29, 1.82) is 0 Å². The maximum absolute atomic E-state index is 12.8. The zero-order valence-electron chi connectivity index (χ0n) is 13.0. The van der Waals surface area contributed by atoms with Gasteiger partial charge in [0.15, 0.2) is 0 Å². The standard InChI is InChI=1S/C15H19FN4O3S/c16-13-2-4-14(5-3-13)24(22,23)19-8-6-15(21)18-7-1-10-20-11-9-17-12-20/h2-5,9,11-12,19H,1,6-8,10H2,(H,18,21). The Morgan fingerprint density at radius 1 is 1.21 bits per heavy atom. The Hall–Kier alpha value is -2.26. The van der Waals surface area contributed by atoms with E-state index in [1.165, 1.54) is 12.1 Å². The number of sulfonamides is 1. The number of amides is 1. The van der Waals surface area contributed by atoms with E-state index in [1.54, 1.807) is 12.5 Å². The average molecular weight is 354 g/mol. The van der Waals surface area contributed by atoms with Crippen LogP contribution in [0.15, 0.2) is 47.9 Å². The topological polar surface area (TPSA) is 93.1 Å². The van der Waals surface area contributed by atoms with Crippen molar-refractivity contribution >= 4 is 15.9 Å². The third-order valence-corrected chi connectivity index (χ3v) is 4.72. The third kappa shape index (κ3) is 5.74. The Bertz CT molecular complexity index is 746. The summed E-state index contributed by atoms with van der Waals surface area (Å²) in [6, 6.07) is 4.49. The number of imidazole rings is 1. The first-order valence-electron chi connectivity index (χ1n) is 7.45. The molecule has 2 N–H and O–H groups in total. The van der Waals surface area contributed by atoms with Crippen molar-refractivity contribution in [2.75, 3.05) is 13.1 Å². The van der Waals surface area contributed by atoms with Crippen molar-refractivity contribution in [2.24, 2.45) is 0 Å². The molecule has 1 amide bonds. The summed E-state index contributed by atoms with van der Waals surface area (Å²) in [6.45, 7) is 1.23. The van der Waals surface area contributed by atoms with Gasteiger partial charge in [0.2, 0.25) is 15.9 Å². The van der Waals surface area contributed by atoms with Crippen LogP contribution in [0.4, 0.5) is 4.39 Å². The highest BCUT2D eigenvalue weighted by Crippen LogP contribution is 2.09. The molecule has 2 rings (SSSR count). The fourth-order valence-electron chi connectivity index (χ4n) is 1.99. The van der Waals surface area contributed by atoms with Crippen LogP contribution in [0.3, 0.4) is 0 Å². The molecule has 1 aromatic carbocycles. The molecule has 0 bridgehead atoms. The number of rotatable bonds is 9. The molecule has 130 valence electrons. The molecule has 0 aliphatic carbocycles. The normalized spacial score (nSPS) is 11.4. The summed E-state index contributed by atoms with van der Waals surface area (Å²) in [4.78, 5) is 15.5. The number of nitrogens with one attached hydrogen (secondary N) is 2. The van der Waals surface area contributed by atoms with Gasteiger partial charge < -0.3 is 9.88 Å². The van der Waals surface area contributed by atoms with Gasteiger partial charge >= 0.3 is 0 Å². The summed E-state index contributed by atoms with van der Waals surface area (Å²) in [7, 11) is -3.73. The molecule has 0 saturated heterocycles. The van der Waals surface area contributed by atoms with Gasteiger partial charge in [0.05, 0.1) is 11.2 Å². The molecule has 0 aliphatic rings. The fourth-order valence-corrected chi connectivity index (χ4v) is 3.02. The summed E-state index contributed by atoms with van der Waals surface area (Å²) in [5.41, 5.74) is 0. The number of carbonyl (C=O) groups excluding carboxylic acids is 1. The van der Waals surface area contributed by atoms with E-state index in [-0.39, 0.29) is 23.8 Å². The number of benzene rings is 1. The molecule has 9 heteroatoms. The second-order valence-corrected chi connectivity index (χ2v) is 6.87. The Kier molecular flexibility index (Phi) is 6.44. The van der Waals surface area contributed by atoms with Crippen LogP contribution in [0.5, 0.6) is 0 Å². The van der Waals surface area contributed by atoms with E-state index in [1.807, 2.05) is 10.8 Å². The molecular formula is C15H19FN4O3S. The van der Waals surface area contributed by atoms with Gasteiger partial charge in [-0.25, -0.2) is 22.5 Å². The van der Waals surface area contributed by atoms with Gasteiger partial charge in [-0.1, -0.05) is 0 Å². The molecule has 0 spiro atoms. The first-order chi connectivity index (χ1) is 11.5.